The molecule has 0 spiro atoms. The van der Waals surface area contributed by atoms with Gasteiger partial charge in [-0.15, -0.1) is 0 Å². The summed E-state index contributed by atoms with van der Waals surface area (Å²) in [6.45, 7) is 2.70. The summed E-state index contributed by atoms with van der Waals surface area (Å²) in [5.74, 6) is 0.361. The number of anilines is 2. The third-order valence-electron chi connectivity index (χ3n) is 5.73. The molecule has 0 unspecified atom stereocenters. The van der Waals surface area contributed by atoms with E-state index in [1.807, 2.05) is 30.3 Å². The van der Waals surface area contributed by atoms with E-state index < -0.39 is 0 Å². The van der Waals surface area contributed by atoms with Gasteiger partial charge in [-0.25, -0.2) is 0 Å². The zero-order chi connectivity index (χ0) is 23.5. The van der Waals surface area contributed by atoms with E-state index >= 15 is 0 Å². The van der Waals surface area contributed by atoms with Gasteiger partial charge in [0.05, 0.1) is 12.2 Å². The molecular formula is C26H33N3O3S. The Labute approximate surface area is 201 Å². The minimum Gasteiger partial charge on any atom is -0.493 e. The Balaban J connectivity index is 1.55. The molecular weight excluding hydrogens is 434 g/mol. The fourth-order valence-corrected chi connectivity index (χ4v) is 4.14. The van der Waals surface area contributed by atoms with Gasteiger partial charge in [0, 0.05) is 17.3 Å². The molecule has 1 aliphatic carbocycles. The number of thiocarbonyl (C=S) groups is 1. The average molecular weight is 468 g/mol. The van der Waals surface area contributed by atoms with Crippen molar-refractivity contribution in [2.45, 2.75) is 58.3 Å². The van der Waals surface area contributed by atoms with Crippen molar-refractivity contribution in [3.63, 3.8) is 0 Å². The Morgan fingerprint density at radius 1 is 0.970 bits per heavy atom. The number of hydrogen-bond donors (Lipinski definition) is 3. The highest BCUT2D eigenvalue weighted by Crippen LogP contribution is 2.25. The SMILES string of the molecule is CCCCCOc1ccccc1C(=O)NC(=S)Nc1cccc(NC(=O)C2CCCCC2)c1. The van der Waals surface area contributed by atoms with E-state index in [0.29, 0.717) is 29.3 Å². The number of hydrogen-bond acceptors (Lipinski definition) is 4. The summed E-state index contributed by atoms with van der Waals surface area (Å²) < 4.78 is 5.80. The second-order valence-electron chi connectivity index (χ2n) is 8.36. The van der Waals surface area contributed by atoms with Crippen molar-refractivity contribution >= 4 is 40.5 Å². The first-order valence-corrected chi connectivity index (χ1v) is 12.2. The molecule has 7 heteroatoms. The first-order valence-electron chi connectivity index (χ1n) is 11.8. The zero-order valence-electron chi connectivity index (χ0n) is 19.2. The van der Waals surface area contributed by atoms with Crippen LogP contribution in [0.4, 0.5) is 11.4 Å². The van der Waals surface area contributed by atoms with Crippen LogP contribution in [-0.4, -0.2) is 23.5 Å². The maximum atomic E-state index is 12.8. The molecule has 0 heterocycles. The predicted molar refractivity (Wildman–Crippen MR) is 137 cm³/mol. The predicted octanol–water partition coefficient (Wildman–Crippen LogP) is 5.90. The Morgan fingerprint density at radius 3 is 2.45 bits per heavy atom. The standard InChI is InChI=1S/C26H33N3O3S/c1-2-3-9-17-32-23-16-8-7-15-22(23)25(31)29-26(33)28-21-14-10-13-20(18-21)27-24(30)19-11-5-4-6-12-19/h7-8,10,13-16,18-19H,2-6,9,11-12,17H2,1H3,(H,27,30)(H2,28,29,31,33). The summed E-state index contributed by atoms with van der Waals surface area (Å²) in [4.78, 5) is 25.3. The lowest BCUT2D eigenvalue weighted by Crippen LogP contribution is -2.34. The summed E-state index contributed by atoms with van der Waals surface area (Å²) in [6, 6.07) is 14.5. The number of para-hydroxylation sites is 1. The molecule has 0 radical (unpaired) electrons. The van der Waals surface area contributed by atoms with Crippen LogP contribution in [0.1, 0.15) is 68.6 Å². The van der Waals surface area contributed by atoms with Gasteiger partial charge in [-0.05, 0) is 61.8 Å². The number of carbonyl (C=O) groups is 2. The topological polar surface area (TPSA) is 79.5 Å². The van der Waals surface area contributed by atoms with E-state index in [0.717, 1.165) is 44.9 Å². The van der Waals surface area contributed by atoms with E-state index in [1.54, 1.807) is 18.2 Å². The molecule has 1 fully saturated rings. The molecule has 33 heavy (non-hydrogen) atoms. The van der Waals surface area contributed by atoms with E-state index in [9.17, 15) is 9.59 Å². The Hall–Kier alpha value is -2.93. The summed E-state index contributed by atoms with van der Waals surface area (Å²) >= 11 is 5.34. The third-order valence-corrected chi connectivity index (χ3v) is 5.93. The molecule has 0 saturated heterocycles. The zero-order valence-corrected chi connectivity index (χ0v) is 20.0. The molecule has 2 aromatic carbocycles. The summed E-state index contributed by atoms with van der Waals surface area (Å²) in [5.41, 5.74) is 1.83. The number of benzene rings is 2. The minimum absolute atomic E-state index is 0.0678. The van der Waals surface area contributed by atoms with Crippen molar-refractivity contribution in [2.24, 2.45) is 5.92 Å². The summed E-state index contributed by atoms with van der Waals surface area (Å²) in [7, 11) is 0. The number of amides is 2. The number of unbranched alkanes of at least 4 members (excludes halogenated alkanes) is 2. The van der Waals surface area contributed by atoms with Crippen LogP contribution in [0.2, 0.25) is 0 Å². The lowest BCUT2D eigenvalue weighted by atomic mass is 9.88. The first-order chi connectivity index (χ1) is 16.1. The minimum atomic E-state index is -0.333. The average Bonchev–Trinajstić information content (AvgIpc) is 2.82. The Morgan fingerprint density at radius 2 is 1.70 bits per heavy atom. The fraction of sp³-hybridized carbons (Fsp3) is 0.423. The molecule has 3 rings (SSSR count). The van der Waals surface area contributed by atoms with Gasteiger partial charge < -0.3 is 15.4 Å². The highest BCUT2D eigenvalue weighted by atomic mass is 32.1. The van der Waals surface area contributed by atoms with Gasteiger partial charge >= 0.3 is 0 Å². The smallest absolute Gasteiger partial charge is 0.261 e. The number of rotatable bonds is 9. The van der Waals surface area contributed by atoms with Crippen LogP contribution in [0.3, 0.4) is 0 Å². The maximum Gasteiger partial charge on any atom is 0.261 e. The molecule has 2 amide bonds. The summed E-state index contributed by atoms with van der Waals surface area (Å²) in [6.07, 6.45) is 8.47. The number of ether oxygens (including phenoxy) is 1. The van der Waals surface area contributed by atoms with Crippen LogP contribution in [0.15, 0.2) is 48.5 Å². The normalized spacial score (nSPS) is 13.7. The molecule has 0 aliphatic heterocycles. The van der Waals surface area contributed by atoms with Crippen LogP contribution < -0.4 is 20.7 Å². The van der Waals surface area contributed by atoms with Gasteiger partial charge in [0.25, 0.3) is 5.91 Å². The van der Waals surface area contributed by atoms with E-state index in [2.05, 4.69) is 22.9 Å². The van der Waals surface area contributed by atoms with Crippen LogP contribution in [-0.2, 0) is 4.79 Å². The van der Waals surface area contributed by atoms with Crippen molar-refractivity contribution < 1.29 is 14.3 Å². The van der Waals surface area contributed by atoms with E-state index in [1.165, 1.54) is 6.42 Å². The molecule has 1 aliphatic rings. The van der Waals surface area contributed by atoms with Crippen LogP contribution >= 0.6 is 12.2 Å². The molecule has 176 valence electrons. The van der Waals surface area contributed by atoms with Gasteiger partial charge in [-0.1, -0.05) is 57.2 Å². The van der Waals surface area contributed by atoms with Gasteiger partial charge in [-0.2, -0.15) is 0 Å². The van der Waals surface area contributed by atoms with Crippen molar-refractivity contribution in [3.05, 3.63) is 54.1 Å². The van der Waals surface area contributed by atoms with E-state index in [-0.39, 0.29) is 22.8 Å². The Kier molecular flexibility index (Phi) is 9.69. The molecule has 6 nitrogen and oxygen atoms in total. The maximum absolute atomic E-state index is 12.8. The van der Waals surface area contributed by atoms with Crippen molar-refractivity contribution in [1.29, 1.82) is 0 Å². The quantitative estimate of drug-likeness (QED) is 0.316. The lowest BCUT2D eigenvalue weighted by Gasteiger charge is -2.21. The van der Waals surface area contributed by atoms with Crippen molar-refractivity contribution in [2.75, 3.05) is 17.2 Å². The van der Waals surface area contributed by atoms with Crippen LogP contribution in [0, 0.1) is 5.92 Å². The van der Waals surface area contributed by atoms with Gasteiger partial charge in [0.2, 0.25) is 5.91 Å². The van der Waals surface area contributed by atoms with Gasteiger partial charge in [0.15, 0.2) is 5.11 Å². The highest BCUT2D eigenvalue weighted by molar-refractivity contribution is 7.80. The molecule has 0 aromatic heterocycles. The molecule has 1 saturated carbocycles. The summed E-state index contributed by atoms with van der Waals surface area (Å²) in [5, 5.41) is 8.91. The van der Waals surface area contributed by atoms with Gasteiger partial charge in [0.1, 0.15) is 5.75 Å². The molecule has 2 aromatic rings. The molecule has 3 N–H and O–H groups in total. The second kappa shape index (κ2) is 12.9. The fourth-order valence-electron chi connectivity index (χ4n) is 3.93. The van der Waals surface area contributed by atoms with E-state index in [4.69, 9.17) is 17.0 Å². The Bertz CT molecular complexity index is 957. The van der Waals surface area contributed by atoms with Crippen LogP contribution in [0.5, 0.6) is 5.75 Å². The lowest BCUT2D eigenvalue weighted by molar-refractivity contribution is -0.120. The molecule has 0 bridgehead atoms. The van der Waals surface area contributed by atoms with Crippen molar-refractivity contribution in [1.82, 2.24) is 5.32 Å². The first kappa shape index (κ1) is 24.7. The van der Waals surface area contributed by atoms with Crippen LogP contribution in [0.25, 0.3) is 0 Å². The third kappa shape index (κ3) is 7.86. The largest absolute Gasteiger partial charge is 0.493 e. The molecule has 0 atom stereocenters. The van der Waals surface area contributed by atoms with Gasteiger partial charge in [-0.3, -0.25) is 14.9 Å². The van der Waals surface area contributed by atoms with Crippen molar-refractivity contribution in [3.8, 4) is 5.75 Å². The second-order valence-corrected chi connectivity index (χ2v) is 8.77. The monoisotopic (exact) mass is 467 g/mol. The number of carbonyl (C=O) groups excluding carboxylic acids is 2. The number of nitrogens with one attached hydrogen (secondary N) is 3. The highest BCUT2D eigenvalue weighted by Gasteiger charge is 2.21.